The van der Waals surface area contributed by atoms with Crippen molar-refractivity contribution in [3.8, 4) is 17.7 Å². The monoisotopic (exact) mass is 434 g/mol. The number of ether oxygens (including phenoxy) is 2. The van der Waals surface area contributed by atoms with E-state index >= 15 is 0 Å². The summed E-state index contributed by atoms with van der Waals surface area (Å²) in [5, 5.41) is 9.48. The van der Waals surface area contributed by atoms with Crippen molar-refractivity contribution in [2.24, 2.45) is 17.3 Å². The third-order valence-corrected chi connectivity index (χ3v) is 5.12. The van der Waals surface area contributed by atoms with E-state index in [0.29, 0.717) is 5.75 Å². The first kappa shape index (κ1) is 21.1. The minimum atomic E-state index is -1.20. The van der Waals surface area contributed by atoms with Crippen molar-refractivity contribution in [1.29, 1.82) is 5.26 Å². The lowest BCUT2D eigenvalue weighted by Crippen LogP contribution is -2.15. The highest BCUT2D eigenvalue weighted by Crippen LogP contribution is 2.60. The Morgan fingerprint density at radius 3 is 2.59 bits per heavy atom. The van der Waals surface area contributed by atoms with E-state index in [0.717, 1.165) is 0 Å². The van der Waals surface area contributed by atoms with Gasteiger partial charge in [-0.1, -0.05) is 43.1 Å². The molecule has 29 heavy (non-hydrogen) atoms. The van der Waals surface area contributed by atoms with Gasteiger partial charge in [0.2, 0.25) is 12.0 Å². The number of allylic oxidation sites excluding steroid dienone is 1. The Morgan fingerprint density at radius 2 is 1.97 bits per heavy atom. The van der Waals surface area contributed by atoms with Crippen LogP contribution < -0.4 is 4.74 Å². The first-order valence-electron chi connectivity index (χ1n) is 8.75. The Morgan fingerprint density at radius 1 is 1.28 bits per heavy atom. The van der Waals surface area contributed by atoms with E-state index in [-0.39, 0.29) is 33.2 Å². The van der Waals surface area contributed by atoms with Gasteiger partial charge >= 0.3 is 5.97 Å². The third-order valence-electron chi connectivity index (χ3n) is 4.87. The third kappa shape index (κ3) is 4.87. The van der Waals surface area contributed by atoms with Crippen LogP contribution in [-0.4, -0.2) is 11.0 Å². The molecule has 2 aromatic rings. The van der Waals surface area contributed by atoms with Crippen LogP contribution in [0, 0.1) is 34.4 Å². The van der Waals surface area contributed by atoms with Crippen LogP contribution >= 0.6 is 23.2 Å². The summed E-state index contributed by atoms with van der Waals surface area (Å²) in [6.45, 7) is 3.79. The van der Waals surface area contributed by atoms with E-state index in [2.05, 4.69) is 4.98 Å². The summed E-state index contributed by atoms with van der Waals surface area (Å²) < 4.78 is 24.1. The Kier molecular flexibility index (Phi) is 6.11. The lowest BCUT2D eigenvalue weighted by molar-refractivity contribution is -0.149. The molecule has 1 fully saturated rings. The average molecular weight is 435 g/mol. The molecule has 0 amide bonds. The second-order valence-electron chi connectivity index (χ2n) is 7.18. The molecule has 0 spiro atoms. The van der Waals surface area contributed by atoms with Gasteiger partial charge in [0.15, 0.2) is 0 Å². The first-order chi connectivity index (χ1) is 13.7. The lowest BCUT2D eigenvalue weighted by Gasteiger charge is -2.12. The van der Waals surface area contributed by atoms with Gasteiger partial charge < -0.3 is 9.47 Å². The zero-order valence-corrected chi connectivity index (χ0v) is 17.1. The zero-order valence-electron chi connectivity index (χ0n) is 15.6. The molecule has 1 heterocycles. The molecule has 5 nitrogen and oxygen atoms in total. The predicted octanol–water partition coefficient (Wildman–Crippen LogP) is 5.71. The highest BCUT2D eigenvalue weighted by atomic mass is 35.5. The summed E-state index contributed by atoms with van der Waals surface area (Å²) in [6, 6.07) is 12.1. The van der Waals surface area contributed by atoms with E-state index < -0.39 is 18.0 Å². The molecule has 0 N–H and O–H groups in total. The fourth-order valence-electron chi connectivity index (χ4n) is 3.17. The second-order valence-corrected chi connectivity index (χ2v) is 8.19. The van der Waals surface area contributed by atoms with Gasteiger partial charge in [-0.15, -0.1) is 0 Å². The number of carbonyl (C=O) groups is 1. The van der Waals surface area contributed by atoms with Gasteiger partial charge in [-0.2, -0.15) is 5.26 Å². The van der Waals surface area contributed by atoms with Gasteiger partial charge in [0.05, 0.1) is 11.6 Å². The van der Waals surface area contributed by atoms with Crippen LogP contribution in [0.5, 0.6) is 11.6 Å². The van der Waals surface area contributed by atoms with Crippen molar-refractivity contribution in [2.75, 3.05) is 0 Å². The van der Waals surface area contributed by atoms with E-state index in [1.54, 1.807) is 24.3 Å². The van der Waals surface area contributed by atoms with Crippen LogP contribution in [0.4, 0.5) is 4.39 Å². The van der Waals surface area contributed by atoms with Crippen molar-refractivity contribution in [3.63, 3.8) is 0 Å². The number of esters is 1. The number of pyridine rings is 1. The van der Waals surface area contributed by atoms with Crippen molar-refractivity contribution in [3.05, 3.63) is 64.5 Å². The van der Waals surface area contributed by atoms with Gasteiger partial charge in [0, 0.05) is 6.07 Å². The number of hydrogen-bond acceptors (Lipinski definition) is 5. The molecule has 3 unspecified atom stereocenters. The molecular weight excluding hydrogens is 418 g/mol. The molecule has 0 radical (unpaired) electrons. The van der Waals surface area contributed by atoms with Crippen molar-refractivity contribution < 1.29 is 18.7 Å². The normalized spacial score (nSPS) is 20.1. The molecule has 1 aliphatic rings. The van der Waals surface area contributed by atoms with Gasteiger partial charge in [-0.05, 0) is 47.7 Å². The molecule has 0 saturated heterocycles. The fraction of sp³-hybridized carbons (Fsp3) is 0.286. The van der Waals surface area contributed by atoms with Crippen molar-refractivity contribution >= 4 is 29.2 Å². The van der Waals surface area contributed by atoms with Crippen LogP contribution in [0.1, 0.15) is 25.6 Å². The van der Waals surface area contributed by atoms with E-state index in [1.165, 1.54) is 24.3 Å². The average Bonchev–Trinajstić information content (AvgIpc) is 3.21. The van der Waals surface area contributed by atoms with Gasteiger partial charge in [0.1, 0.15) is 22.1 Å². The number of hydrogen-bond donors (Lipinski definition) is 0. The molecule has 1 aromatic carbocycles. The number of nitrogens with zero attached hydrogens (tertiary/aromatic N) is 2. The summed E-state index contributed by atoms with van der Waals surface area (Å²) >= 11 is 11.4. The second kappa shape index (κ2) is 8.40. The molecule has 3 rings (SSSR count). The molecule has 8 heteroatoms. The van der Waals surface area contributed by atoms with Gasteiger partial charge in [-0.3, -0.25) is 4.79 Å². The van der Waals surface area contributed by atoms with Crippen LogP contribution in [0.15, 0.2) is 53.0 Å². The van der Waals surface area contributed by atoms with Crippen molar-refractivity contribution in [1.82, 2.24) is 4.98 Å². The Labute approximate surface area is 177 Å². The van der Waals surface area contributed by atoms with Crippen LogP contribution in [-0.2, 0) is 9.53 Å². The molecule has 1 aromatic heterocycles. The molecule has 1 saturated carbocycles. The summed E-state index contributed by atoms with van der Waals surface area (Å²) in [6.07, 6.45) is 0.401. The maximum absolute atomic E-state index is 13.0. The smallest absolute Gasteiger partial charge is 0.311 e. The van der Waals surface area contributed by atoms with E-state index in [1.807, 2.05) is 19.9 Å². The predicted molar refractivity (Wildman–Crippen MR) is 106 cm³/mol. The zero-order chi connectivity index (χ0) is 21.2. The molecule has 3 atom stereocenters. The number of rotatable bonds is 6. The largest absolute Gasteiger partial charge is 0.440 e. The summed E-state index contributed by atoms with van der Waals surface area (Å²) in [7, 11) is 0. The number of halogens is 3. The molecule has 0 aliphatic heterocycles. The Bertz CT molecular complexity index is 982. The van der Waals surface area contributed by atoms with E-state index in [9.17, 15) is 14.4 Å². The highest BCUT2D eigenvalue weighted by molar-refractivity contribution is 6.55. The van der Waals surface area contributed by atoms with Crippen LogP contribution in [0.25, 0.3) is 0 Å². The number of carbonyl (C=O) groups excluding carboxylic acids is 1. The molecule has 0 bridgehead atoms. The van der Waals surface area contributed by atoms with Crippen LogP contribution in [0.3, 0.4) is 0 Å². The standard InChI is InChI=1S/C21H17Cl2FN2O3/c1-21(2)14(10-17(22)23)19(21)20(27)29-16(11-25)15-4-3-5-18(26-15)28-13-8-6-12(24)7-9-13/h3-10,14,16,19H,1-2H3. The molecule has 150 valence electrons. The number of nitriles is 1. The topological polar surface area (TPSA) is 72.2 Å². The lowest BCUT2D eigenvalue weighted by atomic mass is 10.1. The van der Waals surface area contributed by atoms with Gasteiger partial charge in [-0.25, -0.2) is 9.37 Å². The summed E-state index contributed by atoms with van der Waals surface area (Å²) in [4.78, 5) is 16.8. The van der Waals surface area contributed by atoms with Crippen LogP contribution in [0.2, 0.25) is 0 Å². The highest BCUT2D eigenvalue weighted by Gasteiger charge is 2.62. The summed E-state index contributed by atoms with van der Waals surface area (Å²) in [5.74, 6) is -0.961. The van der Waals surface area contributed by atoms with Gasteiger partial charge in [0.25, 0.3) is 0 Å². The minimum absolute atomic E-state index is 0.0857. The van der Waals surface area contributed by atoms with Crippen molar-refractivity contribution in [2.45, 2.75) is 20.0 Å². The maximum atomic E-state index is 13.0. The molecule has 1 aliphatic carbocycles. The Hall–Kier alpha value is -2.62. The number of aromatic nitrogens is 1. The minimum Gasteiger partial charge on any atom is -0.440 e. The Balaban J connectivity index is 1.72. The SMILES string of the molecule is CC1(C)C(C=C(Cl)Cl)C1C(=O)OC(C#N)c1cccc(Oc2ccc(F)cc2)n1. The number of benzene rings is 1. The summed E-state index contributed by atoms with van der Waals surface area (Å²) in [5.41, 5.74) is -0.144. The first-order valence-corrected chi connectivity index (χ1v) is 9.51. The molecular formula is C21H17Cl2FN2O3. The quantitative estimate of drug-likeness (QED) is 0.544. The fourth-order valence-corrected chi connectivity index (χ4v) is 3.45. The maximum Gasteiger partial charge on any atom is 0.311 e. The van der Waals surface area contributed by atoms with E-state index in [4.69, 9.17) is 32.7 Å².